The molecular formula is C23H18N4O3. The van der Waals surface area contributed by atoms with E-state index in [1.54, 1.807) is 24.7 Å². The van der Waals surface area contributed by atoms with E-state index >= 15 is 0 Å². The minimum Gasteiger partial charge on any atom is -0.464 e. The van der Waals surface area contributed by atoms with Crippen LogP contribution in [-0.4, -0.2) is 34.5 Å². The van der Waals surface area contributed by atoms with Crippen LogP contribution in [0.4, 0.5) is 0 Å². The first-order valence-corrected chi connectivity index (χ1v) is 9.96. The lowest BCUT2D eigenvalue weighted by molar-refractivity contribution is -0.122. The Bertz CT molecular complexity index is 1390. The highest BCUT2D eigenvalue weighted by Gasteiger charge is 2.35. The van der Waals surface area contributed by atoms with Crippen molar-refractivity contribution in [2.24, 2.45) is 0 Å². The smallest absolute Gasteiger partial charge is 0.259 e. The Hall–Kier alpha value is -3.71. The highest BCUT2D eigenvalue weighted by atomic mass is 16.3. The zero-order chi connectivity index (χ0) is 20.2. The summed E-state index contributed by atoms with van der Waals surface area (Å²) in [4.78, 5) is 30.1. The average Bonchev–Trinajstić information content (AvgIpc) is 3.41. The maximum atomic E-state index is 13.0. The van der Waals surface area contributed by atoms with Gasteiger partial charge in [-0.15, -0.1) is 0 Å². The molecule has 2 N–H and O–H groups in total. The number of carbonyl (C=O) groups is 2. The summed E-state index contributed by atoms with van der Waals surface area (Å²) in [6.07, 6.45) is 7.73. The minimum atomic E-state index is -0.427. The van der Waals surface area contributed by atoms with Crippen molar-refractivity contribution >= 4 is 44.8 Å². The lowest BCUT2D eigenvalue weighted by atomic mass is 9.95. The lowest BCUT2D eigenvalue weighted by Crippen LogP contribution is -2.24. The Morgan fingerprint density at radius 1 is 1.00 bits per heavy atom. The van der Waals surface area contributed by atoms with E-state index in [1.165, 1.54) is 5.56 Å². The molecule has 7 nitrogen and oxygen atoms in total. The summed E-state index contributed by atoms with van der Waals surface area (Å²) < 4.78 is 7.81. The number of benzene rings is 1. The van der Waals surface area contributed by atoms with Crippen LogP contribution in [0.3, 0.4) is 0 Å². The van der Waals surface area contributed by atoms with Gasteiger partial charge >= 0.3 is 0 Å². The Balaban J connectivity index is 1.68. The maximum Gasteiger partial charge on any atom is 0.259 e. The topological polar surface area (TPSA) is 89.2 Å². The number of nitrogens with one attached hydrogen (secondary N) is 2. The van der Waals surface area contributed by atoms with E-state index in [0.29, 0.717) is 22.3 Å². The average molecular weight is 398 g/mol. The second-order valence-corrected chi connectivity index (χ2v) is 7.61. The van der Waals surface area contributed by atoms with Gasteiger partial charge < -0.3 is 14.3 Å². The van der Waals surface area contributed by atoms with Crippen LogP contribution in [0.5, 0.6) is 0 Å². The van der Waals surface area contributed by atoms with Crippen LogP contribution in [0.15, 0.2) is 53.5 Å². The molecule has 0 aliphatic carbocycles. The van der Waals surface area contributed by atoms with Crippen LogP contribution in [-0.2, 0) is 22.6 Å². The number of hydrogen-bond acceptors (Lipinski definition) is 5. The van der Waals surface area contributed by atoms with Crippen molar-refractivity contribution in [1.29, 1.82) is 0 Å². The second-order valence-electron chi connectivity index (χ2n) is 7.61. The van der Waals surface area contributed by atoms with Crippen LogP contribution in [0.25, 0.3) is 33.0 Å². The zero-order valence-electron chi connectivity index (χ0n) is 16.1. The summed E-state index contributed by atoms with van der Waals surface area (Å²) in [6.45, 7) is 2.56. The Labute approximate surface area is 171 Å². The number of hydrogen-bond donors (Lipinski definition) is 2. The molecule has 2 amide bonds. The van der Waals surface area contributed by atoms with Gasteiger partial charge in [0.05, 0.1) is 22.9 Å². The number of imide groups is 1. The third-order valence-electron chi connectivity index (χ3n) is 5.91. The van der Waals surface area contributed by atoms with Gasteiger partial charge in [-0.25, -0.2) is 0 Å². The normalized spacial score (nSPS) is 16.9. The maximum absolute atomic E-state index is 13.0. The van der Waals surface area contributed by atoms with Crippen LogP contribution in [0.1, 0.15) is 16.7 Å². The van der Waals surface area contributed by atoms with E-state index in [1.807, 2.05) is 18.3 Å². The first kappa shape index (κ1) is 17.2. The zero-order valence-corrected chi connectivity index (χ0v) is 16.1. The quantitative estimate of drug-likeness (QED) is 0.507. The number of pyridine rings is 1. The number of para-hydroxylation sites is 1. The summed E-state index contributed by atoms with van der Waals surface area (Å²) in [7, 11) is 0. The monoisotopic (exact) mass is 398 g/mol. The van der Waals surface area contributed by atoms with Crippen molar-refractivity contribution in [3.05, 3.63) is 65.8 Å². The second kappa shape index (κ2) is 6.40. The summed E-state index contributed by atoms with van der Waals surface area (Å²) >= 11 is 0. The molecule has 1 aromatic carbocycles. The molecule has 0 spiro atoms. The first-order valence-electron chi connectivity index (χ1n) is 9.96. The molecule has 0 atom stereocenters. The third kappa shape index (κ3) is 2.39. The van der Waals surface area contributed by atoms with E-state index in [4.69, 9.17) is 4.42 Å². The standard InChI is InChI=1S/C23H18N4O3/c28-22-18(16-11-25-10-14-5-9-30-21(14)16)19(23(29)26-22)17-12-27-8-7-24-6-4-13-2-1-3-15(17)20(13)27/h1-3,5,9-12,24H,4,6-8H2,(H,26,28,29). The number of carbonyl (C=O) groups excluding carboxylic acids is 2. The Kier molecular flexibility index (Phi) is 3.66. The molecule has 0 bridgehead atoms. The molecule has 0 radical (unpaired) electrons. The first-order chi connectivity index (χ1) is 14.7. The number of nitrogens with zero attached hydrogens (tertiary/aromatic N) is 2. The highest BCUT2D eigenvalue weighted by molar-refractivity contribution is 6.50. The van der Waals surface area contributed by atoms with E-state index in [2.05, 4.69) is 26.3 Å². The molecule has 0 saturated carbocycles. The van der Waals surface area contributed by atoms with Gasteiger partial charge in [-0.2, -0.15) is 0 Å². The van der Waals surface area contributed by atoms with Crippen molar-refractivity contribution in [3.63, 3.8) is 0 Å². The molecule has 0 saturated heterocycles. The van der Waals surface area contributed by atoms with Crippen molar-refractivity contribution in [3.8, 4) is 0 Å². The van der Waals surface area contributed by atoms with Gasteiger partial charge in [-0.3, -0.25) is 19.9 Å². The molecule has 5 heterocycles. The fourth-order valence-electron chi connectivity index (χ4n) is 4.60. The summed E-state index contributed by atoms with van der Waals surface area (Å²) in [5.74, 6) is -0.820. The third-order valence-corrected chi connectivity index (χ3v) is 5.91. The molecule has 2 aliphatic rings. The Morgan fingerprint density at radius 3 is 2.77 bits per heavy atom. The molecule has 6 rings (SSSR count). The van der Waals surface area contributed by atoms with Gasteiger partial charge in [0.15, 0.2) is 0 Å². The summed E-state index contributed by atoms with van der Waals surface area (Å²) in [5.41, 5.74) is 4.88. The fraction of sp³-hybridized carbons (Fsp3) is 0.174. The van der Waals surface area contributed by atoms with Crippen LogP contribution >= 0.6 is 0 Å². The molecular weight excluding hydrogens is 380 g/mol. The molecule has 148 valence electrons. The molecule has 7 heteroatoms. The molecule has 0 fully saturated rings. The van der Waals surface area contributed by atoms with Crippen molar-refractivity contribution in [1.82, 2.24) is 20.2 Å². The van der Waals surface area contributed by atoms with E-state index in [0.717, 1.165) is 47.9 Å². The number of furan rings is 1. The van der Waals surface area contributed by atoms with Crippen molar-refractivity contribution < 1.29 is 14.0 Å². The summed E-state index contributed by atoms with van der Waals surface area (Å²) in [6, 6.07) is 7.95. The molecule has 0 unspecified atom stereocenters. The number of aromatic nitrogens is 2. The van der Waals surface area contributed by atoms with Gasteiger partial charge in [0.1, 0.15) is 5.58 Å². The minimum absolute atomic E-state index is 0.311. The highest BCUT2D eigenvalue weighted by Crippen LogP contribution is 2.38. The fourth-order valence-corrected chi connectivity index (χ4v) is 4.60. The van der Waals surface area contributed by atoms with Gasteiger partial charge in [0.25, 0.3) is 11.8 Å². The van der Waals surface area contributed by atoms with E-state index < -0.39 is 11.8 Å². The van der Waals surface area contributed by atoms with E-state index in [-0.39, 0.29) is 0 Å². The SMILES string of the molecule is O=C1NC(=O)C(c2cncc3ccoc23)=C1c1cn2c3c(cccc13)CCNCC2. The number of rotatable bonds is 2. The molecule has 30 heavy (non-hydrogen) atoms. The Morgan fingerprint density at radius 2 is 1.87 bits per heavy atom. The predicted molar refractivity (Wildman–Crippen MR) is 112 cm³/mol. The molecule has 4 aromatic rings. The van der Waals surface area contributed by atoms with Crippen molar-refractivity contribution in [2.45, 2.75) is 13.0 Å². The van der Waals surface area contributed by atoms with Crippen LogP contribution in [0, 0.1) is 0 Å². The molecule has 2 aliphatic heterocycles. The predicted octanol–water partition coefficient (Wildman–Crippen LogP) is 2.50. The van der Waals surface area contributed by atoms with Gasteiger partial charge in [0.2, 0.25) is 0 Å². The van der Waals surface area contributed by atoms with Crippen molar-refractivity contribution in [2.75, 3.05) is 13.1 Å². The van der Waals surface area contributed by atoms with Crippen LogP contribution < -0.4 is 10.6 Å². The van der Waals surface area contributed by atoms with Gasteiger partial charge in [0, 0.05) is 53.6 Å². The number of fused-ring (bicyclic) bond motifs is 1. The number of amides is 2. The van der Waals surface area contributed by atoms with Gasteiger partial charge in [-0.05, 0) is 24.6 Å². The summed E-state index contributed by atoms with van der Waals surface area (Å²) in [5, 5.41) is 7.67. The largest absolute Gasteiger partial charge is 0.464 e. The van der Waals surface area contributed by atoms with Crippen LogP contribution in [0.2, 0.25) is 0 Å². The van der Waals surface area contributed by atoms with E-state index in [9.17, 15) is 9.59 Å². The van der Waals surface area contributed by atoms with Gasteiger partial charge in [-0.1, -0.05) is 18.2 Å². The molecule has 3 aromatic heterocycles. The lowest BCUT2D eigenvalue weighted by Gasteiger charge is -2.14.